The quantitative estimate of drug-likeness (QED) is 0.481. The molecule has 5 nitrogen and oxygen atoms in total. The van der Waals surface area contributed by atoms with E-state index < -0.39 is 0 Å². The molecule has 0 aromatic heterocycles. The van der Waals surface area contributed by atoms with Crippen molar-refractivity contribution < 1.29 is 4.79 Å². The largest absolute Gasteiger partial charge is 0.369 e. The fourth-order valence-electron chi connectivity index (χ4n) is 5.79. The van der Waals surface area contributed by atoms with Crippen molar-refractivity contribution >= 4 is 23.3 Å². The van der Waals surface area contributed by atoms with E-state index in [1.807, 2.05) is 36.4 Å². The lowest BCUT2D eigenvalue weighted by Gasteiger charge is -2.41. The molecule has 6 heteroatoms. The summed E-state index contributed by atoms with van der Waals surface area (Å²) < 4.78 is 0. The highest BCUT2D eigenvalue weighted by Crippen LogP contribution is 2.31. The number of carbonyl (C=O) groups is 1. The molecule has 4 rings (SSSR count). The van der Waals surface area contributed by atoms with Gasteiger partial charge in [0.25, 0.3) is 0 Å². The van der Waals surface area contributed by atoms with Crippen LogP contribution in [-0.2, 0) is 13.0 Å². The van der Waals surface area contributed by atoms with Crippen LogP contribution in [0.3, 0.4) is 0 Å². The van der Waals surface area contributed by atoms with Crippen molar-refractivity contribution in [1.82, 2.24) is 15.5 Å². The number of hydrogen-bond donors (Lipinski definition) is 2. The van der Waals surface area contributed by atoms with Crippen LogP contribution in [0.4, 0.5) is 10.5 Å². The normalized spacial score (nSPS) is 22.0. The number of hydrogen-bond acceptors (Lipinski definition) is 3. The molecule has 1 aliphatic carbocycles. The summed E-state index contributed by atoms with van der Waals surface area (Å²) in [5.74, 6) is 0.757. The molecule has 2 fully saturated rings. The van der Waals surface area contributed by atoms with Gasteiger partial charge in [-0.3, -0.25) is 4.90 Å². The van der Waals surface area contributed by atoms with Gasteiger partial charge in [0.05, 0.1) is 0 Å². The van der Waals surface area contributed by atoms with Crippen molar-refractivity contribution in [1.29, 1.82) is 0 Å². The average molecular weight is 497 g/mol. The third-order valence-corrected chi connectivity index (χ3v) is 8.23. The molecule has 2 aromatic carbocycles. The molecule has 1 unspecified atom stereocenters. The molecule has 1 heterocycles. The first-order valence-corrected chi connectivity index (χ1v) is 13.8. The predicted octanol–water partition coefficient (Wildman–Crippen LogP) is 5.86. The minimum Gasteiger partial charge on any atom is -0.369 e. The van der Waals surface area contributed by atoms with E-state index in [4.69, 9.17) is 11.6 Å². The van der Waals surface area contributed by atoms with E-state index in [-0.39, 0.29) is 6.03 Å². The number of benzene rings is 2. The van der Waals surface area contributed by atoms with Gasteiger partial charge in [-0.2, -0.15) is 0 Å². The Morgan fingerprint density at radius 3 is 2.40 bits per heavy atom. The van der Waals surface area contributed by atoms with E-state index in [1.54, 1.807) is 0 Å². The van der Waals surface area contributed by atoms with Crippen LogP contribution >= 0.6 is 11.6 Å². The van der Waals surface area contributed by atoms with Crippen molar-refractivity contribution in [2.75, 3.05) is 31.1 Å². The number of nitrogens with one attached hydrogen (secondary N) is 2. The average Bonchev–Trinajstić information content (AvgIpc) is 2.89. The van der Waals surface area contributed by atoms with E-state index in [1.165, 1.54) is 30.5 Å². The van der Waals surface area contributed by atoms with Crippen LogP contribution in [0, 0.1) is 5.92 Å². The van der Waals surface area contributed by atoms with Crippen LogP contribution in [-0.4, -0.2) is 49.2 Å². The molecular formula is C29H41ClN4O. The zero-order valence-electron chi connectivity index (χ0n) is 21.3. The third kappa shape index (κ3) is 7.14. The Morgan fingerprint density at radius 1 is 1.00 bits per heavy atom. The fourth-order valence-corrected chi connectivity index (χ4v) is 6.09. The predicted molar refractivity (Wildman–Crippen MR) is 146 cm³/mol. The van der Waals surface area contributed by atoms with Crippen LogP contribution in [0.25, 0.3) is 0 Å². The first-order valence-electron chi connectivity index (χ1n) is 13.4. The van der Waals surface area contributed by atoms with E-state index >= 15 is 0 Å². The molecule has 2 aromatic rings. The van der Waals surface area contributed by atoms with Crippen LogP contribution in [0.5, 0.6) is 0 Å². The van der Waals surface area contributed by atoms with Gasteiger partial charge in [-0.15, -0.1) is 0 Å². The maximum absolute atomic E-state index is 12.3. The number of amides is 2. The van der Waals surface area contributed by atoms with Gasteiger partial charge in [0.1, 0.15) is 0 Å². The van der Waals surface area contributed by atoms with Crippen LogP contribution < -0.4 is 15.5 Å². The van der Waals surface area contributed by atoms with Crippen molar-refractivity contribution in [3.8, 4) is 0 Å². The summed E-state index contributed by atoms with van der Waals surface area (Å²) in [5.41, 5.74) is 3.71. The summed E-state index contributed by atoms with van der Waals surface area (Å²) in [7, 11) is 0. The van der Waals surface area contributed by atoms with E-state index in [2.05, 4.69) is 46.4 Å². The topological polar surface area (TPSA) is 47.6 Å². The Kier molecular flexibility index (Phi) is 9.33. The molecule has 0 bridgehead atoms. The molecule has 1 atom stereocenters. The maximum atomic E-state index is 12.3. The van der Waals surface area contributed by atoms with Gasteiger partial charge in [-0.05, 0) is 74.6 Å². The lowest BCUT2D eigenvalue weighted by Crippen LogP contribution is -2.50. The van der Waals surface area contributed by atoms with Crippen molar-refractivity contribution in [2.24, 2.45) is 5.92 Å². The molecule has 1 saturated carbocycles. The van der Waals surface area contributed by atoms with Crippen molar-refractivity contribution in [3.05, 3.63) is 64.7 Å². The molecule has 2 aliphatic rings. The molecule has 35 heavy (non-hydrogen) atoms. The number of rotatable bonds is 8. The summed E-state index contributed by atoms with van der Waals surface area (Å²) in [6.45, 7) is 9.49. The summed E-state index contributed by atoms with van der Waals surface area (Å²) in [4.78, 5) is 17.5. The lowest BCUT2D eigenvalue weighted by atomic mass is 9.82. The lowest BCUT2D eigenvalue weighted by molar-refractivity contribution is 0.154. The second-order valence-electron chi connectivity index (χ2n) is 10.2. The minimum absolute atomic E-state index is 0.0468. The number of halogens is 1. The third-order valence-electron chi connectivity index (χ3n) is 7.88. The van der Waals surface area contributed by atoms with Gasteiger partial charge in [0, 0.05) is 55.5 Å². The van der Waals surface area contributed by atoms with Gasteiger partial charge in [-0.1, -0.05) is 54.9 Å². The molecule has 0 radical (unpaired) electrons. The Hall–Kier alpha value is -2.24. The molecule has 1 aliphatic heterocycles. The highest BCUT2D eigenvalue weighted by Gasteiger charge is 2.27. The second-order valence-corrected chi connectivity index (χ2v) is 10.6. The first-order chi connectivity index (χ1) is 17.0. The monoisotopic (exact) mass is 496 g/mol. The summed E-state index contributed by atoms with van der Waals surface area (Å²) in [6, 6.07) is 17.2. The van der Waals surface area contributed by atoms with E-state index in [9.17, 15) is 4.79 Å². The van der Waals surface area contributed by atoms with E-state index in [0.717, 1.165) is 61.9 Å². The molecule has 190 valence electrons. The minimum atomic E-state index is -0.0468. The molecule has 2 amide bonds. The fraction of sp³-hybridized carbons (Fsp3) is 0.552. The number of nitrogens with zero attached hydrogens (tertiary/aromatic N) is 2. The summed E-state index contributed by atoms with van der Waals surface area (Å²) in [5, 5.41) is 7.06. The standard InChI is InChI=1S/C29H41ClN4O/c1-3-26-27(30)10-7-11-28(26)34-18-16-33(17-19-34)22(2)20-23-12-14-25(15-13-23)32-29(35)31-21-24-8-5-4-6-9-24/h4-11,22-23,25H,3,12-21H2,1-2H3,(H2,31,32,35)/t22?,23-,25-. The zero-order valence-corrected chi connectivity index (χ0v) is 22.1. The molecule has 1 saturated heterocycles. The van der Waals surface area contributed by atoms with E-state index in [0.29, 0.717) is 18.6 Å². The highest BCUT2D eigenvalue weighted by molar-refractivity contribution is 6.31. The zero-order chi connectivity index (χ0) is 24.6. The van der Waals surface area contributed by atoms with Gasteiger partial charge >= 0.3 is 6.03 Å². The number of piperazine rings is 1. The summed E-state index contributed by atoms with van der Waals surface area (Å²) >= 11 is 6.45. The summed E-state index contributed by atoms with van der Waals surface area (Å²) in [6.07, 6.45) is 6.80. The Labute approximate surface area is 216 Å². The van der Waals surface area contributed by atoms with Crippen LogP contribution in [0.15, 0.2) is 48.5 Å². The van der Waals surface area contributed by atoms with Gasteiger partial charge in [-0.25, -0.2) is 4.79 Å². The Balaban J connectivity index is 1.16. The van der Waals surface area contributed by atoms with Crippen molar-refractivity contribution in [2.45, 2.75) is 71.0 Å². The SMILES string of the molecule is CCc1c(Cl)cccc1N1CCN(C(C)C[C@H]2CC[C@H](NC(=O)NCc3ccccc3)CC2)CC1. The van der Waals surface area contributed by atoms with Crippen molar-refractivity contribution in [3.63, 3.8) is 0 Å². The van der Waals surface area contributed by atoms with Gasteiger partial charge in [0.2, 0.25) is 0 Å². The van der Waals surface area contributed by atoms with Gasteiger partial charge in [0.15, 0.2) is 0 Å². The van der Waals surface area contributed by atoms with Crippen LogP contribution in [0.1, 0.15) is 57.1 Å². The van der Waals surface area contributed by atoms with Gasteiger partial charge < -0.3 is 15.5 Å². The molecular weight excluding hydrogens is 456 g/mol. The highest BCUT2D eigenvalue weighted by atomic mass is 35.5. The first kappa shape index (κ1) is 25.8. The Bertz CT molecular complexity index is 937. The maximum Gasteiger partial charge on any atom is 0.315 e. The molecule has 2 N–H and O–H groups in total. The molecule has 0 spiro atoms. The smallest absolute Gasteiger partial charge is 0.315 e. The number of urea groups is 1. The Morgan fingerprint density at radius 2 is 1.71 bits per heavy atom. The van der Waals surface area contributed by atoms with Crippen LogP contribution in [0.2, 0.25) is 5.02 Å². The number of carbonyl (C=O) groups excluding carboxylic acids is 1. The second kappa shape index (κ2) is 12.6. The number of anilines is 1.